The molecule has 1 aromatic heterocycles. The number of H-pyrrole nitrogens is 1. The molecule has 0 spiro atoms. The molecule has 2 aliphatic heterocycles. The molecule has 6 nitrogen and oxygen atoms in total. The summed E-state index contributed by atoms with van der Waals surface area (Å²) in [6.07, 6.45) is 2.04. The van der Waals surface area contributed by atoms with Crippen molar-refractivity contribution in [1.29, 1.82) is 0 Å². The van der Waals surface area contributed by atoms with Gasteiger partial charge in [0.25, 0.3) is 11.5 Å². The molecule has 0 aliphatic carbocycles. The maximum atomic E-state index is 13.5. The highest BCUT2D eigenvalue weighted by molar-refractivity contribution is 6.39. The van der Waals surface area contributed by atoms with Gasteiger partial charge in [-0.05, 0) is 49.9 Å². The first-order chi connectivity index (χ1) is 14.3. The standard InChI is InChI=1S/C22H24Cl2N2O4/c1-12-8-13(2)25-21(27)16(12)10-26-6-3-4-14-9-17(23)20(19(24)18(14)22(26)28)30-15-5-7-29-11-15/h8-9,15H,3-7,10-11H2,1-2H3,(H,25,27)/t15-/m1/s1. The van der Waals surface area contributed by atoms with Gasteiger partial charge in [0.1, 0.15) is 6.10 Å². The average Bonchev–Trinajstić information content (AvgIpc) is 3.13. The van der Waals surface area contributed by atoms with Gasteiger partial charge in [0.2, 0.25) is 0 Å². The molecule has 4 rings (SSSR count). The lowest BCUT2D eigenvalue weighted by atomic mass is 10.0. The Balaban J connectivity index is 1.69. The van der Waals surface area contributed by atoms with Crippen molar-refractivity contribution in [3.8, 4) is 5.75 Å². The van der Waals surface area contributed by atoms with E-state index < -0.39 is 0 Å². The predicted octanol–water partition coefficient (Wildman–Crippen LogP) is 4.05. The molecule has 0 radical (unpaired) electrons. The molecule has 2 aliphatic rings. The van der Waals surface area contributed by atoms with E-state index in [1.165, 1.54) is 0 Å². The summed E-state index contributed by atoms with van der Waals surface area (Å²) in [6.45, 7) is 5.58. The SMILES string of the molecule is Cc1cc(C)c(CN2CCCc3cc(Cl)c(O[C@@H]4CCOC4)c(Cl)c3C2=O)c(=O)[nH]1. The normalized spacial score (nSPS) is 19.0. The number of aryl methyl sites for hydroxylation is 3. The fraction of sp³-hybridized carbons (Fsp3) is 0.455. The molecule has 1 saturated heterocycles. The predicted molar refractivity (Wildman–Crippen MR) is 116 cm³/mol. The average molecular weight is 451 g/mol. The summed E-state index contributed by atoms with van der Waals surface area (Å²) in [5, 5.41) is 0.633. The lowest BCUT2D eigenvalue weighted by molar-refractivity contribution is 0.0747. The van der Waals surface area contributed by atoms with Crippen LogP contribution in [0, 0.1) is 13.8 Å². The summed E-state index contributed by atoms with van der Waals surface area (Å²) in [5.41, 5.74) is 3.29. The molecule has 160 valence electrons. The molecule has 1 N–H and O–H groups in total. The minimum atomic E-state index is -0.212. The smallest absolute Gasteiger partial charge is 0.256 e. The van der Waals surface area contributed by atoms with E-state index in [0.717, 1.165) is 29.7 Å². The zero-order valence-corrected chi connectivity index (χ0v) is 18.5. The van der Waals surface area contributed by atoms with E-state index in [9.17, 15) is 9.59 Å². The Kier molecular flexibility index (Phi) is 6.09. The summed E-state index contributed by atoms with van der Waals surface area (Å²) < 4.78 is 11.3. The summed E-state index contributed by atoms with van der Waals surface area (Å²) in [6, 6.07) is 3.69. The minimum absolute atomic E-state index is 0.135. The van der Waals surface area contributed by atoms with Gasteiger partial charge >= 0.3 is 0 Å². The van der Waals surface area contributed by atoms with E-state index in [1.54, 1.807) is 11.0 Å². The van der Waals surface area contributed by atoms with E-state index in [-0.39, 0.29) is 29.1 Å². The summed E-state index contributed by atoms with van der Waals surface area (Å²) in [5.74, 6) is 0.114. The highest BCUT2D eigenvalue weighted by atomic mass is 35.5. The lowest BCUT2D eigenvalue weighted by Gasteiger charge is -2.23. The van der Waals surface area contributed by atoms with Crippen molar-refractivity contribution in [2.45, 2.75) is 45.8 Å². The fourth-order valence-electron chi connectivity index (χ4n) is 4.10. The number of carbonyl (C=O) groups excluding carboxylic acids is 1. The van der Waals surface area contributed by atoms with Crippen molar-refractivity contribution < 1.29 is 14.3 Å². The van der Waals surface area contributed by atoms with Gasteiger partial charge in [0, 0.05) is 24.2 Å². The molecular weight excluding hydrogens is 427 g/mol. The third kappa shape index (κ3) is 4.09. The van der Waals surface area contributed by atoms with Crippen LogP contribution in [-0.2, 0) is 17.7 Å². The van der Waals surface area contributed by atoms with Crippen LogP contribution in [-0.4, -0.2) is 41.7 Å². The highest BCUT2D eigenvalue weighted by Crippen LogP contribution is 2.41. The quantitative estimate of drug-likeness (QED) is 0.762. The first-order valence-corrected chi connectivity index (χ1v) is 10.8. The van der Waals surface area contributed by atoms with Crippen LogP contribution in [0.4, 0.5) is 0 Å². The van der Waals surface area contributed by atoms with Crippen LogP contribution >= 0.6 is 23.2 Å². The zero-order chi connectivity index (χ0) is 21.4. The van der Waals surface area contributed by atoms with Crippen LogP contribution in [0.2, 0.25) is 10.0 Å². The molecule has 2 aromatic rings. The Morgan fingerprint density at radius 1 is 1.27 bits per heavy atom. The molecule has 1 atom stereocenters. The Morgan fingerprint density at radius 2 is 2.07 bits per heavy atom. The molecule has 8 heteroatoms. The van der Waals surface area contributed by atoms with Crippen LogP contribution in [0.25, 0.3) is 0 Å². The molecular formula is C22H24Cl2N2O4. The van der Waals surface area contributed by atoms with E-state index in [4.69, 9.17) is 32.7 Å². The second kappa shape index (κ2) is 8.61. The second-order valence-corrected chi connectivity index (χ2v) is 8.70. The number of nitrogens with zero attached hydrogens (tertiary/aromatic N) is 1. The number of aromatic nitrogens is 1. The monoisotopic (exact) mass is 450 g/mol. The number of fused-ring (bicyclic) bond motifs is 1. The Bertz CT molecular complexity index is 1040. The van der Waals surface area contributed by atoms with Crippen molar-refractivity contribution in [3.05, 3.63) is 60.5 Å². The fourth-order valence-corrected chi connectivity index (χ4v) is 4.77. The first-order valence-electron chi connectivity index (χ1n) is 10.1. The molecule has 1 aromatic carbocycles. The number of halogens is 2. The van der Waals surface area contributed by atoms with Gasteiger partial charge in [-0.2, -0.15) is 0 Å². The molecule has 0 unspecified atom stereocenters. The van der Waals surface area contributed by atoms with E-state index in [1.807, 2.05) is 19.9 Å². The number of amides is 1. The van der Waals surface area contributed by atoms with Gasteiger partial charge in [-0.1, -0.05) is 23.2 Å². The van der Waals surface area contributed by atoms with Crippen LogP contribution < -0.4 is 10.3 Å². The van der Waals surface area contributed by atoms with Gasteiger partial charge in [-0.3, -0.25) is 9.59 Å². The van der Waals surface area contributed by atoms with Crippen LogP contribution in [0.15, 0.2) is 16.9 Å². The Hall–Kier alpha value is -2.02. The number of rotatable bonds is 4. The number of hydrogen-bond donors (Lipinski definition) is 1. The van der Waals surface area contributed by atoms with Crippen LogP contribution in [0.1, 0.15) is 45.6 Å². The maximum absolute atomic E-state index is 13.5. The van der Waals surface area contributed by atoms with E-state index >= 15 is 0 Å². The minimum Gasteiger partial charge on any atom is -0.485 e. The lowest BCUT2D eigenvalue weighted by Crippen LogP contribution is -2.33. The summed E-state index contributed by atoms with van der Waals surface area (Å²) >= 11 is 13.1. The van der Waals surface area contributed by atoms with Gasteiger partial charge in [-0.15, -0.1) is 0 Å². The van der Waals surface area contributed by atoms with Gasteiger partial charge in [0.15, 0.2) is 5.75 Å². The van der Waals surface area contributed by atoms with Crippen LogP contribution in [0.3, 0.4) is 0 Å². The molecule has 1 amide bonds. The number of benzene rings is 1. The van der Waals surface area contributed by atoms with E-state index in [0.29, 0.717) is 48.1 Å². The first kappa shape index (κ1) is 21.2. The third-order valence-electron chi connectivity index (χ3n) is 5.65. The molecule has 1 fully saturated rings. The van der Waals surface area contributed by atoms with Gasteiger partial charge < -0.3 is 19.4 Å². The summed E-state index contributed by atoms with van der Waals surface area (Å²) in [7, 11) is 0. The maximum Gasteiger partial charge on any atom is 0.256 e. The van der Waals surface area contributed by atoms with Crippen molar-refractivity contribution >= 4 is 29.1 Å². The topological polar surface area (TPSA) is 71.6 Å². The Morgan fingerprint density at radius 3 is 2.77 bits per heavy atom. The van der Waals surface area contributed by atoms with Gasteiger partial charge in [0.05, 0.1) is 35.4 Å². The number of ether oxygens (including phenoxy) is 2. The van der Waals surface area contributed by atoms with Crippen molar-refractivity contribution in [2.75, 3.05) is 19.8 Å². The molecule has 3 heterocycles. The number of carbonyl (C=O) groups is 1. The van der Waals surface area contributed by atoms with Crippen molar-refractivity contribution in [2.24, 2.45) is 0 Å². The van der Waals surface area contributed by atoms with Gasteiger partial charge in [-0.25, -0.2) is 0 Å². The Labute approximate surface area is 185 Å². The van der Waals surface area contributed by atoms with Crippen molar-refractivity contribution in [3.63, 3.8) is 0 Å². The molecule has 30 heavy (non-hydrogen) atoms. The number of aromatic amines is 1. The molecule has 0 bridgehead atoms. The number of nitrogens with one attached hydrogen (secondary N) is 1. The second-order valence-electron chi connectivity index (χ2n) is 7.91. The van der Waals surface area contributed by atoms with E-state index in [2.05, 4.69) is 4.98 Å². The largest absolute Gasteiger partial charge is 0.485 e. The van der Waals surface area contributed by atoms with Crippen molar-refractivity contribution in [1.82, 2.24) is 9.88 Å². The number of hydrogen-bond acceptors (Lipinski definition) is 4. The molecule has 0 saturated carbocycles. The van der Waals surface area contributed by atoms with Crippen LogP contribution in [0.5, 0.6) is 5.75 Å². The highest BCUT2D eigenvalue weighted by Gasteiger charge is 2.30. The zero-order valence-electron chi connectivity index (χ0n) is 17.0. The third-order valence-corrected chi connectivity index (χ3v) is 6.29. The number of pyridine rings is 1. The summed E-state index contributed by atoms with van der Waals surface area (Å²) in [4.78, 5) is 30.4.